The van der Waals surface area contributed by atoms with Gasteiger partial charge < -0.3 is 15.1 Å². The Morgan fingerprint density at radius 3 is 2.05 bits per heavy atom. The molecular formula is C32H41N3O3. The third-order valence-corrected chi connectivity index (χ3v) is 7.80. The van der Waals surface area contributed by atoms with Gasteiger partial charge in [-0.25, -0.2) is 0 Å². The van der Waals surface area contributed by atoms with Gasteiger partial charge >= 0.3 is 0 Å². The van der Waals surface area contributed by atoms with Crippen LogP contribution in [0.1, 0.15) is 82.4 Å². The summed E-state index contributed by atoms with van der Waals surface area (Å²) in [7, 11) is 0. The normalized spacial score (nSPS) is 18.5. The summed E-state index contributed by atoms with van der Waals surface area (Å²) in [5.74, 6) is -0.740. The number of carbonyl (C=O) groups is 3. The minimum atomic E-state index is -0.548. The van der Waals surface area contributed by atoms with E-state index in [1.807, 2.05) is 72.5 Å². The number of carbonyl (C=O) groups excluding carboxylic acids is 3. The van der Waals surface area contributed by atoms with Crippen LogP contribution in [0.3, 0.4) is 0 Å². The maximum atomic E-state index is 13.7. The molecule has 2 aromatic carbocycles. The molecule has 6 heteroatoms. The maximum absolute atomic E-state index is 13.7. The van der Waals surface area contributed by atoms with Crippen LogP contribution in [-0.4, -0.2) is 47.2 Å². The molecule has 2 aliphatic rings. The molecule has 0 aliphatic carbocycles. The molecule has 4 rings (SSSR count). The highest BCUT2D eigenvalue weighted by molar-refractivity contribution is 5.98. The van der Waals surface area contributed by atoms with E-state index in [0.717, 1.165) is 68.4 Å². The third kappa shape index (κ3) is 6.72. The minimum Gasteiger partial charge on any atom is -0.345 e. The summed E-state index contributed by atoms with van der Waals surface area (Å²) in [4.78, 5) is 44.4. The molecule has 38 heavy (non-hydrogen) atoms. The number of benzene rings is 2. The monoisotopic (exact) mass is 515 g/mol. The lowest BCUT2D eigenvalue weighted by atomic mass is 9.87. The SMILES string of the molecule is CCCCN1C(=O)C(CC(=O)NC(c2ccccc2)c2ccccc2)CC(C(=O)N2CCCCCC2)=C1C. The zero-order chi connectivity index (χ0) is 26.9. The van der Waals surface area contributed by atoms with Gasteiger partial charge in [-0.05, 0) is 43.7 Å². The van der Waals surface area contributed by atoms with Gasteiger partial charge in [0.05, 0.1) is 12.0 Å². The van der Waals surface area contributed by atoms with Crippen molar-refractivity contribution in [3.63, 3.8) is 0 Å². The van der Waals surface area contributed by atoms with E-state index >= 15 is 0 Å². The predicted molar refractivity (Wildman–Crippen MR) is 150 cm³/mol. The number of amides is 3. The highest BCUT2D eigenvalue weighted by atomic mass is 16.2. The molecule has 0 spiro atoms. The second kappa shape index (κ2) is 13.4. The Morgan fingerprint density at radius 2 is 1.50 bits per heavy atom. The van der Waals surface area contributed by atoms with Crippen LogP contribution in [0.4, 0.5) is 0 Å². The maximum Gasteiger partial charge on any atom is 0.251 e. The van der Waals surface area contributed by atoms with Gasteiger partial charge in [-0.1, -0.05) is 86.8 Å². The van der Waals surface area contributed by atoms with Crippen LogP contribution < -0.4 is 5.32 Å². The number of hydrogen-bond acceptors (Lipinski definition) is 3. The molecule has 2 aliphatic heterocycles. The Morgan fingerprint density at radius 1 is 0.921 bits per heavy atom. The van der Waals surface area contributed by atoms with Crippen LogP contribution in [0.5, 0.6) is 0 Å². The van der Waals surface area contributed by atoms with Crippen molar-refractivity contribution in [3.8, 4) is 0 Å². The molecular weight excluding hydrogens is 474 g/mol. The Hall–Kier alpha value is -3.41. The number of rotatable bonds is 9. The smallest absolute Gasteiger partial charge is 0.251 e. The largest absolute Gasteiger partial charge is 0.345 e. The standard InChI is InChI=1S/C32H41N3O3/c1-3-4-21-35-24(2)28(32(38)34-19-13-5-6-14-20-34)22-27(31(35)37)23-29(36)33-30(25-15-9-7-10-16-25)26-17-11-8-12-18-26/h7-12,15-18,27,30H,3-6,13-14,19-23H2,1-2H3,(H,33,36). The van der Waals surface area contributed by atoms with Crippen molar-refractivity contribution in [3.05, 3.63) is 83.1 Å². The molecule has 202 valence electrons. The first-order chi connectivity index (χ1) is 18.5. The van der Waals surface area contributed by atoms with Crippen molar-refractivity contribution >= 4 is 17.7 Å². The molecule has 0 saturated carbocycles. The lowest BCUT2D eigenvalue weighted by Gasteiger charge is -2.36. The predicted octanol–water partition coefficient (Wildman–Crippen LogP) is 5.61. The van der Waals surface area contributed by atoms with Gasteiger partial charge in [-0.2, -0.15) is 0 Å². The minimum absolute atomic E-state index is 0.0373. The van der Waals surface area contributed by atoms with E-state index in [-0.39, 0.29) is 30.2 Å². The second-order valence-electron chi connectivity index (χ2n) is 10.5. The van der Waals surface area contributed by atoms with E-state index in [1.165, 1.54) is 0 Å². The fraction of sp³-hybridized carbons (Fsp3) is 0.469. The fourth-order valence-corrected chi connectivity index (χ4v) is 5.58. The Bertz CT molecular complexity index is 1080. The van der Waals surface area contributed by atoms with Crippen molar-refractivity contribution < 1.29 is 14.4 Å². The van der Waals surface area contributed by atoms with Crippen molar-refractivity contribution in [1.82, 2.24) is 15.1 Å². The summed E-state index contributed by atoms with van der Waals surface area (Å²) in [5.41, 5.74) is 3.43. The van der Waals surface area contributed by atoms with Gasteiger partial charge in [0.1, 0.15) is 0 Å². The van der Waals surface area contributed by atoms with Crippen molar-refractivity contribution in [2.45, 2.75) is 71.3 Å². The summed E-state index contributed by atoms with van der Waals surface area (Å²) < 4.78 is 0. The number of likely N-dealkylation sites (tertiary alicyclic amines) is 1. The first-order valence-corrected chi connectivity index (χ1v) is 14.2. The summed E-state index contributed by atoms with van der Waals surface area (Å²) in [6.45, 7) is 6.09. The molecule has 1 unspecified atom stereocenters. The molecule has 1 atom stereocenters. The second-order valence-corrected chi connectivity index (χ2v) is 10.5. The average Bonchev–Trinajstić information content (AvgIpc) is 3.24. The molecule has 1 fully saturated rings. The van der Waals surface area contributed by atoms with Gasteiger partial charge in [-0.3, -0.25) is 14.4 Å². The Balaban J connectivity index is 1.54. The van der Waals surface area contributed by atoms with E-state index in [1.54, 1.807) is 4.90 Å². The van der Waals surface area contributed by atoms with E-state index in [4.69, 9.17) is 0 Å². The summed E-state index contributed by atoms with van der Waals surface area (Å²) in [6, 6.07) is 19.4. The van der Waals surface area contributed by atoms with Crippen LogP contribution in [0, 0.1) is 5.92 Å². The van der Waals surface area contributed by atoms with Crippen molar-refractivity contribution in [2.24, 2.45) is 5.92 Å². The molecule has 0 aromatic heterocycles. The lowest BCUT2D eigenvalue weighted by molar-refractivity contribution is -0.139. The Labute approximate surface area is 227 Å². The average molecular weight is 516 g/mol. The molecule has 6 nitrogen and oxygen atoms in total. The van der Waals surface area contributed by atoms with E-state index in [9.17, 15) is 14.4 Å². The number of allylic oxidation sites excluding steroid dienone is 1. The van der Waals surface area contributed by atoms with E-state index < -0.39 is 5.92 Å². The van der Waals surface area contributed by atoms with Crippen LogP contribution in [0.15, 0.2) is 71.9 Å². The molecule has 2 aromatic rings. The third-order valence-electron chi connectivity index (χ3n) is 7.80. The summed E-state index contributed by atoms with van der Waals surface area (Å²) in [6.07, 6.45) is 6.51. The van der Waals surface area contributed by atoms with Gasteiger partial charge in [0.25, 0.3) is 5.91 Å². The number of unbranched alkanes of at least 4 members (excludes halogenated alkanes) is 1. The van der Waals surface area contributed by atoms with Gasteiger partial charge in [0.15, 0.2) is 0 Å². The zero-order valence-electron chi connectivity index (χ0n) is 22.8. The molecule has 0 bridgehead atoms. The van der Waals surface area contributed by atoms with Crippen LogP contribution in [0.2, 0.25) is 0 Å². The van der Waals surface area contributed by atoms with Crippen molar-refractivity contribution in [1.29, 1.82) is 0 Å². The lowest BCUT2D eigenvalue weighted by Crippen LogP contribution is -2.45. The van der Waals surface area contributed by atoms with Gasteiger partial charge in [-0.15, -0.1) is 0 Å². The van der Waals surface area contributed by atoms with Crippen LogP contribution >= 0.6 is 0 Å². The molecule has 1 saturated heterocycles. The molecule has 3 amide bonds. The van der Waals surface area contributed by atoms with Gasteiger partial charge in [0, 0.05) is 37.3 Å². The zero-order valence-corrected chi connectivity index (χ0v) is 22.8. The number of nitrogens with one attached hydrogen (secondary N) is 1. The first-order valence-electron chi connectivity index (χ1n) is 14.2. The number of hydrogen-bond donors (Lipinski definition) is 1. The van der Waals surface area contributed by atoms with Crippen LogP contribution in [0.25, 0.3) is 0 Å². The van der Waals surface area contributed by atoms with E-state index in [2.05, 4.69) is 12.2 Å². The summed E-state index contributed by atoms with van der Waals surface area (Å²) in [5, 5.41) is 3.18. The highest BCUT2D eigenvalue weighted by Crippen LogP contribution is 2.32. The fourth-order valence-electron chi connectivity index (χ4n) is 5.58. The van der Waals surface area contributed by atoms with Crippen molar-refractivity contribution in [2.75, 3.05) is 19.6 Å². The number of nitrogens with zero attached hydrogens (tertiary/aromatic N) is 2. The summed E-state index contributed by atoms with van der Waals surface area (Å²) >= 11 is 0. The molecule has 2 heterocycles. The molecule has 0 radical (unpaired) electrons. The highest BCUT2D eigenvalue weighted by Gasteiger charge is 2.37. The van der Waals surface area contributed by atoms with Gasteiger partial charge in [0.2, 0.25) is 11.8 Å². The topological polar surface area (TPSA) is 69.7 Å². The Kier molecular flexibility index (Phi) is 9.74. The van der Waals surface area contributed by atoms with Crippen LogP contribution in [-0.2, 0) is 14.4 Å². The van der Waals surface area contributed by atoms with E-state index in [0.29, 0.717) is 18.5 Å². The first kappa shape index (κ1) is 27.6. The quantitative estimate of drug-likeness (QED) is 0.472. The molecule has 1 N–H and O–H groups in total.